The summed E-state index contributed by atoms with van der Waals surface area (Å²) in [7, 11) is 0. The molecule has 0 aliphatic rings. The number of carbonyl (C=O) groups excluding carboxylic acids is 1. The van der Waals surface area contributed by atoms with E-state index in [1.165, 1.54) is 0 Å². The van der Waals surface area contributed by atoms with Crippen LogP contribution in [0.25, 0.3) is 0 Å². The third-order valence-electron chi connectivity index (χ3n) is 3.08. The van der Waals surface area contributed by atoms with Gasteiger partial charge < -0.3 is 10.1 Å². The van der Waals surface area contributed by atoms with E-state index in [0.29, 0.717) is 6.07 Å². The van der Waals surface area contributed by atoms with Gasteiger partial charge in [-0.05, 0) is 46.6 Å². The van der Waals surface area contributed by atoms with Gasteiger partial charge in [0.25, 0.3) is 5.69 Å². The van der Waals surface area contributed by atoms with Gasteiger partial charge in [0.15, 0.2) is 0 Å². The summed E-state index contributed by atoms with van der Waals surface area (Å²) in [6.07, 6.45) is -5.68. The number of hydrogen-bond donors (Lipinski definition) is 1. The van der Waals surface area contributed by atoms with Crippen molar-refractivity contribution in [3.05, 3.63) is 39.4 Å². The molecule has 0 bridgehead atoms. The molecule has 0 atom stereocenters. The van der Waals surface area contributed by atoms with E-state index in [4.69, 9.17) is 4.74 Å². The number of amides is 1. The predicted molar refractivity (Wildman–Crippen MR) is 85.3 cm³/mol. The largest absolute Gasteiger partial charge is 0.444 e. The van der Waals surface area contributed by atoms with Crippen LogP contribution >= 0.6 is 0 Å². The minimum Gasteiger partial charge on any atom is -0.444 e. The van der Waals surface area contributed by atoms with Gasteiger partial charge >= 0.3 is 12.3 Å². The van der Waals surface area contributed by atoms with Gasteiger partial charge in [-0.3, -0.25) is 10.1 Å². The lowest BCUT2D eigenvalue weighted by molar-refractivity contribution is -0.385. The molecule has 0 radical (unpaired) electrons. The van der Waals surface area contributed by atoms with Gasteiger partial charge in [-0.25, -0.2) is 4.79 Å². The Morgan fingerprint density at radius 3 is 2.20 bits per heavy atom. The van der Waals surface area contributed by atoms with E-state index in [-0.39, 0.29) is 12.0 Å². The van der Waals surface area contributed by atoms with Crippen LogP contribution in [0.3, 0.4) is 0 Å². The molecule has 0 aromatic heterocycles. The van der Waals surface area contributed by atoms with E-state index in [0.717, 1.165) is 12.1 Å². The fraction of sp³-hybridized carbons (Fsp3) is 0.562. The molecule has 1 N–H and O–H groups in total. The number of halogens is 3. The highest BCUT2D eigenvalue weighted by Gasteiger charge is 2.37. The van der Waals surface area contributed by atoms with Crippen LogP contribution in [0.2, 0.25) is 0 Å². The van der Waals surface area contributed by atoms with E-state index in [1.54, 1.807) is 34.6 Å². The molecule has 0 spiro atoms. The zero-order valence-corrected chi connectivity index (χ0v) is 14.7. The first-order valence-electron chi connectivity index (χ1n) is 7.46. The Hall–Kier alpha value is -2.32. The van der Waals surface area contributed by atoms with E-state index in [2.05, 4.69) is 5.32 Å². The molecule has 140 valence electrons. The molecule has 0 aliphatic heterocycles. The topological polar surface area (TPSA) is 81.5 Å². The average Bonchev–Trinajstić information content (AvgIpc) is 2.33. The number of non-ortho nitro benzene ring substituents is 1. The van der Waals surface area contributed by atoms with E-state index in [9.17, 15) is 28.1 Å². The minimum absolute atomic E-state index is 0.154. The van der Waals surface area contributed by atoms with Crippen LogP contribution < -0.4 is 5.32 Å². The quantitative estimate of drug-likeness (QED) is 0.633. The van der Waals surface area contributed by atoms with Gasteiger partial charge in [0.2, 0.25) is 0 Å². The monoisotopic (exact) mass is 362 g/mol. The molecule has 1 amide bonds. The normalized spacial score (nSPS) is 12.6. The Balaban J connectivity index is 3.08. The third-order valence-corrected chi connectivity index (χ3v) is 3.08. The molecule has 1 aromatic carbocycles. The Morgan fingerprint density at radius 2 is 1.76 bits per heavy atom. The molecule has 0 heterocycles. The number of alkyl halides is 3. The second-order valence-electron chi connectivity index (χ2n) is 7.28. The van der Waals surface area contributed by atoms with Crippen LogP contribution in [-0.2, 0) is 17.3 Å². The Kier molecular flexibility index (Phi) is 5.71. The van der Waals surface area contributed by atoms with Crippen molar-refractivity contribution in [3.8, 4) is 0 Å². The van der Waals surface area contributed by atoms with Crippen LogP contribution in [0.1, 0.15) is 45.7 Å². The SMILES string of the molecule is CC(C)(Cc1ccc([N+](=O)[O-])cc1C(F)(F)F)NC(=O)OC(C)(C)C. The average molecular weight is 362 g/mol. The number of hydrogen-bond acceptors (Lipinski definition) is 4. The lowest BCUT2D eigenvalue weighted by Gasteiger charge is -2.29. The third kappa shape index (κ3) is 6.60. The van der Waals surface area contributed by atoms with Crippen molar-refractivity contribution >= 4 is 11.8 Å². The van der Waals surface area contributed by atoms with Crippen molar-refractivity contribution in [3.63, 3.8) is 0 Å². The lowest BCUT2D eigenvalue weighted by atomic mass is 9.91. The van der Waals surface area contributed by atoms with Crippen LogP contribution in [0.15, 0.2) is 18.2 Å². The molecule has 0 unspecified atom stereocenters. The van der Waals surface area contributed by atoms with Crippen LogP contribution in [-0.4, -0.2) is 22.2 Å². The molecular weight excluding hydrogens is 341 g/mol. The fourth-order valence-corrected chi connectivity index (χ4v) is 2.20. The summed E-state index contributed by atoms with van der Waals surface area (Å²) >= 11 is 0. The molecule has 1 rings (SSSR count). The number of alkyl carbamates (subject to hydrolysis) is 1. The number of nitrogens with zero attached hydrogens (tertiary/aromatic N) is 1. The Labute approximate surface area is 143 Å². The smallest absolute Gasteiger partial charge is 0.416 e. The Morgan fingerprint density at radius 1 is 1.20 bits per heavy atom. The molecule has 9 heteroatoms. The summed E-state index contributed by atoms with van der Waals surface area (Å²) in [5, 5.41) is 13.2. The number of nitro groups is 1. The molecule has 1 aromatic rings. The molecule has 0 saturated heterocycles. The van der Waals surface area contributed by atoms with E-state index >= 15 is 0 Å². The van der Waals surface area contributed by atoms with Crippen molar-refractivity contribution in [1.82, 2.24) is 5.32 Å². The second-order valence-corrected chi connectivity index (χ2v) is 7.28. The first-order valence-corrected chi connectivity index (χ1v) is 7.46. The van der Waals surface area contributed by atoms with E-state index in [1.807, 2.05) is 0 Å². The van der Waals surface area contributed by atoms with Crippen LogP contribution in [0, 0.1) is 10.1 Å². The highest BCUT2D eigenvalue weighted by molar-refractivity contribution is 5.68. The number of ether oxygens (including phenoxy) is 1. The zero-order chi connectivity index (χ0) is 19.6. The summed E-state index contributed by atoms with van der Waals surface area (Å²) < 4.78 is 44.7. The minimum atomic E-state index is -4.75. The molecular formula is C16H21F3N2O4. The molecule has 0 saturated carbocycles. The van der Waals surface area contributed by atoms with Crippen LogP contribution in [0.4, 0.5) is 23.7 Å². The number of nitro benzene ring substituents is 1. The second kappa shape index (κ2) is 6.89. The summed E-state index contributed by atoms with van der Waals surface area (Å²) in [4.78, 5) is 21.7. The highest BCUT2D eigenvalue weighted by Crippen LogP contribution is 2.35. The first kappa shape index (κ1) is 20.7. The molecule has 0 fully saturated rings. The van der Waals surface area contributed by atoms with E-state index < -0.39 is 39.6 Å². The Bertz CT molecular complexity index is 664. The van der Waals surface area contributed by atoms with Crippen molar-refractivity contribution in [2.24, 2.45) is 0 Å². The maximum absolute atomic E-state index is 13.2. The van der Waals surface area contributed by atoms with Crippen LogP contribution in [0.5, 0.6) is 0 Å². The summed E-state index contributed by atoms with van der Waals surface area (Å²) in [5.74, 6) is 0. The lowest BCUT2D eigenvalue weighted by Crippen LogP contribution is -2.47. The maximum atomic E-state index is 13.2. The van der Waals surface area contributed by atoms with Crippen molar-refractivity contribution in [2.75, 3.05) is 0 Å². The number of rotatable bonds is 4. The summed E-state index contributed by atoms with van der Waals surface area (Å²) in [5.41, 5.74) is -3.70. The number of nitrogens with one attached hydrogen (secondary N) is 1. The van der Waals surface area contributed by atoms with Gasteiger partial charge in [-0.1, -0.05) is 6.07 Å². The molecule has 6 nitrogen and oxygen atoms in total. The van der Waals surface area contributed by atoms with Crippen molar-refractivity contribution in [2.45, 2.75) is 58.4 Å². The standard InChI is InChI=1S/C16H21F3N2O4/c1-14(2,3)25-13(22)20-15(4,5)9-10-6-7-11(21(23)24)8-12(10)16(17,18)19/h6-8H,9H2,1-5H3,(H,20,22). The highest BCUT2D eigenvalue weighted by atomic mass is 19.4. The summed E-state index contributed by atoms with van der Waals surface area (Å²) in [6.45, 7) is 8.07. The van der Waals surface area contributed by atoms with Gasteiger partial charge in [0.05, 0.1) is 10.5 Å². The van der Waals surface area contributed by atoms with Gasteiger partial charge in [0.1, 0.15) is 5.60 Å². The van der Waals surface area contributed by atoms with Gasteiger partial charge in [-0.15, -0.1) is 0 Å². The van der Waals surface area contributed by atoms with Crippen molar-refractivity contribution < 1.29 is 27.6 Å². The van der Waals surface area contributed by atoms with Gasteiger partial charge in [0, 0.05) is 17.7 Å². The summed E-state index contributed by atoms with van der Waals surface area (Å²) in [6, 6.07) is 2.56. The molecule has 0 aliphatic carbocycles. The molecule has 25 heavy (non-hydrogen) atoms. The van der Waals surface area contributed by atoms with Gasteiger partial charge in [-0.2, -0.15) is 13.2 Å². The fourth-order valence-electron chi connectivity index (χ4n) is 2.20. The van der Waals surface area contributed by atoms with Crippen molar-refractivity contribution in [1.29, 1.82) is 0 Å². The number of carbonyl (C=O) groups is 1. The number of benzene rings is 1. The first-order chi connectivity index (χ1) is 11.1. The maximum Gasteiger partial charge on any atom is 0.416 e. The zero-order valence-electron chi connectivity index (χ0n) is 14.7. The predicted octanol–water partition coefficient (Wildman–Crippen LogP) is 4.46.